The number of amides is 1. The van der Waals surface area contributed by atoms with Crippen LogP contribution in [0.4, 0.5) is 10.1 Å². The van der Waals surface area contributed by atoms with Crippen molar-refractivity contribution in [1.29, 1.82) is 0 Å². The van der Waals surface area contributed by atoms with Crippen molar-refractivity contribution in [3.63, 3.8) is 0 Å². The molecule has 0 spiro atoms. The molecule has 1 heterocycles. The summed E-state index contributed by atoms with van der Waals surface area (Å²) >= 11 is 0. The Hall–Kier alpha value is -3.03. The second-order valence-electron chi connectivity index (χ2n) is 5.15. The zero-order valence-electron chi connectivity index (χ0n) is 12.8. The third kappa shape index (κ3) is 4.73. The SMILES string of the molecule is O=C(NCCCCn1cc([N+](=O)[O-])ccc1=O)c1cccc(F)c1. The van der Waals surface area contributed by atoms with Crippen LogP contribution >= 0.6 is 0 Å². The highest BCUT2D eigenvalue weighted by molar-refractivity contribution is 5.94. The molecule has 0 saturated heterocycles. The largest absolute Gasteiger partial charge is 0.352 e. The molecule has 0 aliphatic rings. The molecule has 0 atom stereocenters. The lowest BCUT2D eigenvalue weighted by Gasteiger charge is -2.07. The van der Waals surface area contributed by atoms with Gasteiger partial charge < -0.3 is 9.88 Å². The smallest absolute Gasteiger partial charge is 0.285 e. The van der Waals surface area contributed by atoms with E-state index in [1.807, 2.05) is 0 Å². The Bertz CT molecular complexity index is 804. The van der Waals surface area contributed by atoms with Gasteiger partial charge in [-0.3, -0.25) is 19.7 Å². The summed E-state index contributed by atoms with van der Waals surface area (Å²) in [4.78, 5) is 33.5. The van der Waals surface area contributed by atoms with E-state index in [9.17, 15) is 24.1 Å². The van der Waals surface area contributed by atoms with E-state index in [2.05, 4.69) is 5.32 Å². The second kappa shape index (κ2) is 8.00. The number of aryl methyl sites for hydroxylation is 1. The van der Waals surface area contributed by atoms with Gasteiger partial charge in [0, 0.05) is 30.8 Å². The summed E-state index contributed by atoms with van der Waals surface area (Å²) < 4.78 is 14.3. The van der Waals surface area contributed by atoms with Crippen LogP contribution in [0.2, 0.25) is 0 Å². The molecule has 0 radical (unpaired) electrons. The Morgan fingerprint density at radius 3 is 2.75 bits per heavy atom. The van der Waals surface area contributed by atoms with Gasteiger partial charge in [0.25, 0.3) is 17.2 Å². The average Bonchev–Trinajstić information content (AvgIpc) is 2.55. The van der Waals surface area contributed by atoms with Crippen LogP contribution in [0.3, 0.4) is 0 Å². The van der Waals surface area contributed by atoms with Gasteiger partial charge in [-0.25, -0.2) is 4.39 Å². The molecule has 0 unspecified atom stereocenters. The number of halogens is 1. The summed E-state index contributed by atoms with van der Waals surface area (Å²) in [5, 5.41) is 13.3. The maximum atomic E-state index is 13.0. The van der Waals surface area contributed by atoms with Gasteiger partial charge in [0.1, 0.15) is 5.82 Å². The Kier molecular flexibility index (Phi) is 5.78. The van der Waals surface area contributed by atoms with Crippen molar-refractivity contribution in [3.8, 4) is 0 Å². The van der Waals surface area contributed by atoms with Crippen LogP contribution in [0, 0.1) is 15.9 Å². The first kappa shape index (κ1) is 17.3. The molecule has 1 N–H and O–H groups in total. The number of nitro groups is 1. The minimum absolute atomic E-state index is 0.144. The predicted molar refractivity (Wildman–Crippen MR) is 85.3 cm³/mol. The topological polar surface area (TPSA) is 94.2 Å². The van der Waals surface area contributed by atoms with Crippen LogP contribution in [0.15, 0.2) is 47.4 Å². The summed E-state index contributed by atoms with van der Waals surface area (Å²) in [7, 11) is 0. The third-order valence-corrected chi connectivity index (χ3v) is 3.38. The van der Waals surface area contributed by atoms with Crippen LogP contribution in [0.5, 0.6) is 0 Å². The number of pyridine rings is 1. The van der Waals surface area contributed by atoms with Crippen molar-refractivity contribution in [2.75, 3.05) is 6.54 Å². The number of hydrogen-bond donors (Lipinski definition) is 1. The molecule has 2 aromatic rings. The lowest BCUT2D eigenvalue weighted by molar-refractivity contribution is -0.385. The van der Waals surface area contributed by atoms with Gasteiger partial charge in [-0.05, 0) is 31.0 Å². The molecular formula is C16H16FN3O4. The van der Waals surface area contributed by atoms with Crippen molar-refractivity contribution in [2.24, 2.45) is 0 Å². The van der Waals surface area contributed by atoms with E-state index in [1.54, 1.807) is 0 Å². The van der Waals surface area contributed by atoms with Crippen molar-refractivity contribution < 1.29 is 14.1 Å². The molecule has 0 bridgehead atoms. The highest BCUT2D eigenvalue weighted by atomic mass is 19.1. The van der Waals surface area contributed by atoms with E-state index in [0.29, 0.717) is 25.9 Å². The molecule has 8 heteroatoms. The first-order chi connectivity index (χ1) is 11.5. The maximum absolute atomic E-state index is 13.0. The minimum Gasteiger partial charge on any atom is -0.352 e. The number of carbonyl (C=O) groups excluding carboxylic acids is 1. The molecule has 0 saturated carbocycles. The molecule has 1 aromatic carbocycles. The molecule has 24 heavy (non-hydrogen) atoms. The first-order valence-electron chi connectivity index (χ1n) is 7.36. The Morgan fingerprint density at radius 1 is 1.25 bits per heavy atom. The molecular weight excluding hydrogens is 317 g/mol. The van der Waals surface area contributed by atoms with Crippen LogP contribution in [-0.2, 0) is 6.54 Å². The third-order valence-electron chi connectivity index (χ3n) is 3.38. The summed E-state index contributed by atoms with van der Waals surface area (Å²) in [6.07, 6.45) is 2.34. The van der Waals surface area contributed by atoms with Crippen molar-refractivity contribution in [3.05, 3.63) is 74.4 Å². The van der Waals surface area contributed by atoms with Gasteiger partial charge in [0.05, 0.1) is 11.1 Å². The van der Waals surface area contributed by atoms with Crippen LogP contribution < -0.4 is 10.9 Å². The number of nitrogens with zero attached hydrogens (tertiary/aromatic N) is 2. The zero-order valence-corrected chi connectivity index (χ0v) is 12.8. The number of unbranched alkanes of at least 4 members (excludes halogenated alkanes) is 1. The molecule has 0 fully saturated rings. The number of nitrogens with one attached hydrogen (secondary N) is 1. The highest BCUT2D eigenvalue weighted by Gasteiger charge is 2.08. The van der Waals surface area contributed by atoms with Crippen molar-refractivity contribution >= 4 is 11.6 Å². The van der Waals surface area contributed by atoms with E-state index < -0.39 is 10.7 Å². The van der Waals surface area contributed by atoms with Crippen LogP contribution in [0.25, 0.3) is 0 Å². The molecule has 0 aliphatic carbocycles. The van der Waals surface area contributed by atoms with Gasteiger partial charge in [0.2, 0.25) is 0 Å². The molecule has 7 nitrogen and oxygen atoms in total. The number of benzene rings is 1. The fourth-order valence-electron chi connectivity index (χ4n) is 2.14. The van der Waals surface area contributed by atoms with Gasteiger partial charge in [-0.2, -0.15) is 0 Å². The number of hydrogen-bond acceptors (Lipinski definition) is 4. The van der Waals surface area contributed by atoms with Gasteiger partial charge in [-0.15, -0.1) is 0 Å². The lowest BCUT2D eigenvalue weighted by atomic mass is 10.2. The number of aromatic nitrogens is 1. The standard InChI is InChI=1S/C16H16FN3O4/c17-13-5-3-4-12(10-13)16(22)18-8-1-2-9-19-11-14(20(23)24)6-7-15(19)21/h3-7,10-11H,1-2,8-9H2,(H,18,22). The Morgan fingerprint density at radius 2 is 2.04 bits per heavy atom. The minimum atomic E-state index is -0.560. The highest BCUT2D eigenvalue weighted by Crippen LogP contribution is 2.07. The Labute approximate surface area is 136 Å². The second-order valence-corrected chi connectivity index (χ2v) is 5.15. The van der Waals surface area contributed by atoms with Crippen molar-refractivity contribution in [1.82, 2.24) is 9.88 Å². The van der Waals surface area contributed by atoms with Crippen LogP contribution in [-0.4, -0.2) is 21.9 Å². The number of carbonyl (C=O) groups is 1. The summed E-state index contributed by atoms with van der Waals surface area (Å²) in [6.45, 7) is 0.676. The molecule has 2 rings (SSSR count). The maximum Gasteiger partial charge on any atom is 0.285 e. The van der Waals surface area contributed by atoms with E-state index in [1.165, 1.54) is 29.0 Å². The van der Waals surface area contributed by atoms with E-state index in [0.717, 1.165) is 18.2 Å². The van der Waals surface area contributed by atoms with Gasteiger partial charge in [0.15, 0.2) is 0 Å². The summed E-state index contributed by atoms with van der Waals surface area (Å²) in [6, 6.07) is 7.70. The number of rotatable bonds is 7. The monoisotopic (exact) mass is 333 g/mol. The summed E-state index contributed by atoms with van der Waals surface area (Å²) in [5.74, 6) is -0.852. The first-order valence-corrected chi connectivity index (χ1v) is 7.36. The fraction of sp³-hybridized carbons (Fsp3) is 0.250. The normalized spacial score (nSPS) is 10.4. The predicted octanol–water partition coefficient (Wildman–Crippen LogP) is 2.11. The quantitative estimate of drug-likeness (QED) is 0.477. The Balaban J connectivity index is 1.79. The molecule has 1 aromatic heterocycles. The average molecular weight is 333 g/mol. The van der Waals surface area contributed by atoms with Gasteiger partial charge in [-0.1, -0.05) is 6.07 Å². The van der Waals surface area contributed by atoms with E-state index >= 15 is 0 Å². The van der Waals surface area contributed by atoms with E-state index in [-0.39, 0.29) is 22.7 Å². The van der Waals surface area contributed by atoms with Crippen molar-refractivity contribution in [2.45, 2.75) is 19.4 Å². The zero-order chi connectivity index (χ0) is 17.5. The lowest BCUT2D eigenvalue weighted by Crippen LogP contribution is -2.25. The van der Waals surface area contributed by atoms with Gasteiger partial charge >= 0.3 is 0 Å². The fourth-order valence-corrected chi connectivity index (χ4v) is 2.14. The summed E-state index contributed by atoms with van der Waals surface area (Å²) in [5.41, 5.74) is -0.219. The molecule has 1 amide bonds. The van der Waals surface area contributed by atoms with E-state index in [4.69, 9.17) is 0 Å². The molecule has 0 aliphatic heterocycles. The molecule has 126 valence electrons. The van der Waals surface area contributed by atoms with Crippen LogP contribution in [0.1, 0.15) is 23.2 Å².